The number of pyridine rings is 3. The molecule has 6 aliphatic heterocycles. The summed E-state index contributed by atoms with van der Waals surface area (Å²) in [6.45, 7) is 12.7. The van der Waals surface area contributed by atoms with Crippen molar-refractivity contribution in [3.8, 4) is 16.9 Å². The summed E-state index contributed by atoms with van der Waals surface area (Å²) in [5.41, 5.74) is 8.78. The lowest BCUT2D eigenvalue weighted by molar-refractivity contribution is -0.136. The molecule has 0 spiro atoms. The Hall–Kier alpha value is -6.89. The average Bonchev–Trinajstić information content (AvgIpc) is 3.93. The Balaban J connectivity index is 0.686. The van der Waals surface area contributed by atoms with Crippen molar-refractivity contribution in [3.05, 3.63) is 111 Å². The maximum atomic E-state index is 14.0. The number of ether oxygens (including phenoxy) is 1. The summed E-state index contributed by atoms with van der Waals surface area (Å²) in [5.74, 6) is 0.672. The molecule has 0 radical (unpaired) electrons. The molecule has 72 heavy (non-hydrogen) atoms. The van der Waals surface area contributed by atoms with Crippen molar-refractivity contribution in [2.24, 2.45) is 12.5 Å². The third-order valence-electron chi connectivity index (χ3n) is 16.4. The topological polar surface area (TPSA) is 191 Å². The Morgan fingerprint density at radius 1 is 0.861 bits per heavy atom. The van der Waals surface area contributed by atoms with Gasteiger partial charge in [-0.25, -0.2) is 9.97 Å². The number of nitrogens with one attached hydrogen (secondary N) is 2. The van der Waals surface area contributed by atoms with Crippen LogP contribution in [0.15, 0.2) is 65.8 Å². The molecule has 7 aliphatic rings. The first-order valence-electron chi connectivity index (χ1n) is 25.4. The first-order valence-corrected chi connectivity index (χ1v) is 25.4. The number of hydrogen-bond acceptors (Lipinski definition) is 13. The van der Waals surface area contributed by atoms with Crippen molar-refractivity contribution in [3.63, 3.8) is 0 Å². The molecule has 5 aromatic rings. The van der Waals surface area contributed by atoms with Crippen molar-refractivity contribution in [1.29, 1.82) is 0 Å². The zero-order valence-corrected chi connectivity index (χ0v) is 41.3. The van der Waals surface area contributed by atoms with E-state index in [2.05, 4.69) is 55.7 Å². The van der Waals surface area contributed by atoms with Crippen LogP contribution in [-0.2, 0) is 55.7 Å². The summed E-state index contributed by atoms with van der Waals surface area (Å²) in [5, 5.41) is 16.5. The number of imide groups is 1. The van der Waals surface area contributed by atoms with E-state index >= 15 is 0 Å². The Labute approximate surface area is 417 Å². The van der Waals surface area contributed by atoms with Gasteiger partial charge in [0.05, 0.1) is 25.0 Å². The van der Waals surface area contributed by atoms with Gasteiger partial charge in [0.2, 0.25) is 11.8 Å². The van der Waals surface area contributed by atoms with Gasteiger partial charge in [-0.15, -0.1) is 0 Å². The Morgan fingerprint density at radius 3 is 2.51 bits per heavy atom. The SMILES string of the molecule is C[C@H]1CN([C@H]2CCN3Cc4ccc5c(c4OC[C@@H]3C2)CN(C2CCC(=O)NC2=O)C5=O)CCN1c1ccc(Nc2cc(-c3ccnc(N4CCn5c(cc6c5CC(C)(C)C6)C4=O)c3CO)cn(C)c2=O)nc1. The number of aromatic nitrogens is 4. The lowest BCUT2D eigenvalue weighted by Crippen LogP contribution is -2.58. The van der Waals surface area contributed by atoms with Gasteiger partial charge < -0.3 is 34.1 Å². The minimum atomic E-state index is -0.667. The van der Waals surface area contributed by atoms with E-state index in [9.17, 15) is 29.1 Å². The zero-order valence-electron chi connectivity index (χ0n) is 41.3. The van der Waals surface area contributed by atoms with Gasteiger partial charge in [0, 0.05) is 123 Å². The van der Waals surface area contributed by atoms with Crippen molar-refractivity contribution in [1.82, 2.24) is 39.1 Å². The molecule has 18 nitrogen and oxygen atoms in total. The lowest BCUT2D eigenvalue weighted by Gasteiger charge is -2.48. The molecular formula is C54H61N11O7. The lowest BCUT2D eigenvalue weighted by atomic mass is 9.90. The second-order valence-electron chi connectivity index (χ2n) is 21.7. The smallest absolute Gasteiger partial charge is 0.276 e. The Morgan fingerprint density at radius 2 is 1.72 bits per heavy atom. The van der Waals surface area contributed by atoms with Gasteiger partial charge in [-0.1, -0.05) is 19.9 Å². The highest BCUT2D eigenvalue weighted by Gasteiger charge is 2.43. The van der Waals surface area contributed by atoms with Crippen molar-refractivity contribution < 1.29 is 29.0 Å². The minimum absolute atomic E-state index is 0.130. The first kappa shape index (κ1) is 46.2. The quantitative estimate of drug-likeness (QED) is 0.186. The van der Waals surface area contributed by atoms with Crippen molar-refractivity contribution in [2.75, 3.05) is 54.4 Å². The summed E-state index contributed by atoms with van der Waals surface area (Å²) in [6, 6.07) is 13.6. The summed E-state index contributed by atoms with van der Waals surface area (Å²) in [6.07, 6.45) is 9.69. The maximum absolute atomic E-state index is 14.0. The molecule has 3 saturated heterocycles. The van der Waals surface area contributed by atoms with Crippen LogP contribution in [-0.4, -0.2) is 126 Å². The summed E-state index contributed by atoms with van der Waals surface area (Å²) in [7, 11) is 1.70. The number of piperidine rings is 2. The van der Waals surface area contributed by atoms with E-state index in [4.69, 9.17) is 9.72 Å². The van der Waals surface area contributed by atoms with Crippen LogP contribution in [0.5, 0.6) is 5.75 Å². The number of hydrogen-bond donors (Lipinski definition) is 3. The van der Waals surface area contributed by atoms with E-state index in [0.717, 1.165) is 81.0 Å². The van der Waals surface area contributed by atoms with Gasteiger partial charge in [-0.2, -0.15) is 0 Å². The number of benzene rings is 1. The molecule has 3 fully saturated rings. The van der Waals surface area contributed by atoms with E-state index < -0.39 is 11.9 Å². The first-order chi connectivity index (χ1) is 34.7. The molecule has 1 aliphatic carbocycles. The van der Waals surface area contributed by atoms with E-state index in [1.54, 1.807) is 35.3 Å². The largest absolute Gasteiger partial charge is 0.491 e. The van der Waals surface area contributed by atoms with Gasteiger partial charge >= 0.3 is 0 Å². The third kappa shape index (κ3) is 7.94. The molecule has 10 heterocycles. The molecule has 0 saturated carbocycles. The second kappa shape index (κ2) is 17.7. The predicted octanol–water partition coefficient (Wildman–Crippen LogP) is 4.36. The molecule has 1 aromatic carbocycles. The summed E-state index contributed by atoms with van der Waals surface area (Å²) >= 11 is 0. The minimum Gasteiger partial charge on any atom is -0.491 e. The highest BCUT2D eigenvalue weighted by molar-refractivity contribution is 6.07. The molecule has 4 aromatic heterocycles. The fourth-order valence-corrected chi connectivity index (χ4v) is 12.8. The molecular weight excluding hydrogens is 915 g/mol. The molecule has 4 atom stereocenters. The highest BCUT2D eigenvalue weighted by Crippen LogP contribution is 2.42. The summed E-state index contributed by atoms with van der Waals surface area (Å²) in [4.78, 5) is 85.9. The van der Waals surface area contributed by atoms with Crippen LogP contribution in [0.1, 0.15) is 95.2 Å². The fraction of sp³-hybridized carbons (Fsp3) is 0.463. The number of rotatable bonds is 8. The molecule has 1 unspecified atom stereocenters. The number of piperazine rings is 1. The van der Waals surface area contributed by atoms with Crippen LogP contribution in [0.4, 0.5) is 23.0 Å². The number of aliphatic hydroxyl groups excluding tert-OH is 1. The highest BCUT2D eigenvalue weighted by atomic mass is 16.5. The number of carbonyl (C=O) groups is 4. The zero-order chi connectivity index (χ0) is 49.7. The van der Waals surface area contributed by atoms with Crippen LogP contribution in [0, 0.1) is 5.41 Å². The van der Waals surface area contributed by atoms with Crippen LogP contribution in [0.25, 0.3) is 11.1 Å². The maximum Gasteiger partial charge on any atom is 0.276 e. The number of nitrogens with zero attached hydrogens (tertiary/aromatic N) is 9. The fourth-order valence-electron chi connectivity index (χ4n) is 12.8. The number of aliphatic hydroxyl groups is 1. The molecule has 18 heteroatoms. The Bertz CT molecular complexity index is 3130. The number of aryl methyl sites for hydroxylation is 1. The monoisotopic (exact) mass is 975 g/mol. The van der Waals surface area contributed by atoms with E-state index in [0.29, 0.717) is 84.0 Å². The van der Waals surface area contributed by atoms with Crippen molar-refractivity contribution >= 4 is 46.6 Å². The number of fused-ring (bicyclic) bond motifs is 7. The normalized spacial score (nSPS) is 24.0. The van der Waals surface area contributed by atoms with Crippen LogP contribution in [0.3, 0.4) is 0 Å². The molecule has 12 rings (SSSR count). The Kier molecular flexibility index (Phi) is 11.4. The number of carbonyl (C=O) groups excluding carboxylic acids is 4. The van der Waals surface area contributed by atoms with E-state index in [-0.39, 0.29) is 53.8 Å². The standard InChI is InChI=1S/C54H61N11O7/c1-31-25-61(35-12-14-60-27-32-5-7-39-40(48(32)72-30-37(60)21-35)28-65(51(39)69)43-8-10-47(67)58-50(43)68)15-16-62(31)36-6-9-46(56-24-36)57-42-19-34(26-59(4)52(42)70)38-11-13-55-49(41(38)29-66)64-18-17-63-44(53(64)71)20-33-22-54(2,3)23-45(33)63/h5-7,9,11,13,19-20,24,26,31,35,37,43,66H,8,10,12,14-18,21-23,25,27-30H2,1-4H3,(H,56,57)(H,58,67,68)/t31-,35-,37-,43?/m0/s1. The van der Waals surface area contributed by atoms with Gasteiger partial charge in [0.15, 0.2) is 0 Å². The second-order valence-corrected chi connectivity index (χ2v) is 21.7. The number of amides is 4. The molecule has 3 N–H and O–H groups in total. The summed E-state index contributed by atoms with van der Waals surface area (Å²) < 4.78 is 10.3. The molecule has 4 amide bonds. The van der Waals surface area contributed by atoms with Gasteiger partial charge in [0.25, 0.3) is 17.4 Å². The third-order valence-corrected chi connectivity index (χ3v) is 16.4. The van der Waals surface area contributed by atoms with Gasteiger partial charge in [-0.3, -0.25) is 44.0 Å². The number of anilines is 4. The van der Waals surface area contributed by atoms with Gasteiger partial charge in [-0.05, 0) is 92.0 Å². The van der Waals surface area contributed by atoms with Crippen LogP contribution in [0.2, 0.25) is 0 Å². The van der Waals surface area contributed by atoms with Crippen LogP contribution >= 0.6 is 0 Å². The van der Waals surface area contributed by atoms with E-state index in [1.807, 2.05) is 42.6 Å². The average molecular weight is 976 g/mol. The predicted molar refractivity (Wildman–Crippen MR) is 269 cm³/mol. The van der Waals surface area contributed by atoms with E-state index in [1.165, 1.54) is 15.8 Å². The molecule has 374 valence electrons. The van der Waals surface area contributed by atoms with Crippen LogP contribution < -0.4 is 30.7 Å². The van der Waals surface area contributed by atoms with Crippen molar-refractivity contribution in [2.45, 2.75) is 110 Å². The van der Waals surface area contributed by atoms with Gasteiger partial charge in [0.1, 0.15) is 41.4 Å². The molecule has 0 bridgehead atoms.